The van der Waals surface area contributed by atoms with Gasteiger partial charge in [0.2, 0.25) is 0 Å². The molecule has 1 fully saturated rings. The fourth-order valence-corrected chi connectivity index (χ4v) is 2.28. The Labute approximate surface area is 114 Å². The van der Waals surface area contributed by atoms with E-state index in [1.165, 1.54) is 0 Å². The van der Waals surface area contributed by atoms with Gasteiger partial charge in [0, 0.05) is 26.2 Å². The van der Waals surface area contributed by atoms with Crippen molar-refractivity contribution in [3.05, 3.63) is 0 Å². The zero-order chi connectivity index (χ0) is 14.5. The third kappa shape index (κ3) is 3.83. The second-order valence-corrected chi connectivity index (χ2v) is 5.24. The number of likely N-dealkylation sites (tertiary alicyclic amines) is 1. The van der Waals surface area contributed by atoms with E-state index in [9.17, 15) is 14.7 Å². The van der Waals surface area contributed by atoms with Crippen LogP contribution in [0, 0.1) is 5.41 Å². The highest BCUT2D eigenvalue weighted by Gasteiger charge is 2.44. The number of nitrogens with zero attached hydrogens (tertiary/aromatic N) is 2. The minimum atomic E-state index is -0.795. The van der Waals surface area contributed by atoms with Crippen molar-refractivity contribution in [2.75, 3.05) is 39.8 Å². The fraction of sp³-hybridized carbons (Fsp3) is 0.846. The van der Waals surface area contributed by atoms with Crippen LogP contribution >= 0.6 is 0 Å². The van der Waals surface area contributed by atoms with E-state index in [0.717, 1.165) is 13.1 Å². The van der Waals surface area contributed by atoms with Crippen LogP contribution in [0.1, 0.15) is 26.7 Å². The molecule has 0 aromatic heterocycles. The first-order valence-electron chi connectivity index (χ1n) is 6.90. The summed E-state index contributed by atoms with van der Waals surface area (Å²) in [5.41, 5.74) is -0.752. The van der Waals surface area contributed by atoms with E-state index in [-0.39, 0.29) is 6.03 Å². The summed E-state index contributed by atoms with van der Waals surface area (Å²) in [6, 6.07) is -0.152. The number of carboxylic acid groups (broad SMARTS) is 1. The highest BCUT2D eigenvalue weighted by Crippen LogP contribution is 2.34. The molecule has 1 heterocycles. The predicted molar refractivity (Wildman–Crippen MR) is 73.1 cm³/mol. The van der Waals surface area contributed by atoms with Crippen molar-refractivity contribution in [3.63, 3.8) is 0 Å². The summed E-state index contributed by atoms with van der Waals surface area (Å²) in [5.74, 6) is -0.795. The van der Waals surface area contributed by atoms with Crippen molar-refractivity contribution >= 4 is 12.0 Å². The van der Waals surface area contributed by atoms with Crippen molar-refractivity contribution in [2.45, 2.75) is 26.7 Å². The SMILES string of the molecule is CCN(C)CCNC(=O)N1CCC(CC)(C(=O)O)C1. The molecular weight excluding hydrogens is 246 g/mol. The van der Waals surface area contributed by atoms with E-state index in [4.69, 9.17) is 0 Å². The molecule has 0 radical (unpaired) electrons. The number of aliphatic carboxylic acids is 1. The Hall–Kier alpha value is -1.30. The molecule has 0 bridgehead atoms. The third-order valence-electron chi connectivity index (χ3n) is 4.08. The van der Waals surface area contributed by atoms with Gasteiger partial charge in [0.25, 0.3) is 0 Å². The van der Waals surface area contributed by atoms with Gasteiger partial charge in [-0.1, -0.05) is 13.8 Å². The molecule has 6 nitrogen and oxygen atoms in total. The Balaban J connectivity index is 2.42. The van der Waals surface area contributed by atoms with Crippen molar-refractivity contribution in [3.8, 4) is 0 Å². The number of carbonyl (C=O) groups is 2. The minimum absolute atomic E-state index is 0.152. The number of carboxylic acids is 1. The van der Waals surface area contributed by atoms with Crippen molar-refractivity contribution in [1.29, 1.82) is 0 Å². The van der Waals surface area contributed by atoms with E-state index in [1.807, 2.05) is 14.0 Å². The molecule has 1 rings (SSSR count). The first-order valence-corrected chi connectivity index (χ1v) is 6.90. The van der Waals surface area contributed by atoms with Crippen LogP contribution in [0.4, 0.5) is 4.79 Å². The smallest absolute Gasteiger partial charge is 0.317 e. The molecule has 0 aromatic carbocycles. The summed E-state index contributed by atoms with van der Waals surface area (Å²) in [5, 5.41) is 12.1. The monoisotopic (exact) mass is 271 g/mol. The van der Waals surface area contributed by atoms with Crippen LogP contribution in [0.2, 0.25) is 0 Å². The predicted octanol–water partition coefficient (Wildman–Crippen LogP) is 0.834. The summed E-state index contributed by atoms with van der Waals surface area (Å²) >= 11 is 0. The molecule has 1 unspecified atom stereocenters. The number of hydrogen-bond donors (Lipinski definition) is 2. The molecule has 6 heteroatoms. The van der Waals surface area contributed by atoms with Gasteiger partial charge in [0.05, 0.1) is 5.41 Å². The average Bonchev–Trinajstić information content (AvgIpc) is 2.84. The van der Waals surface area contributed by atoms with Crippen molar-refractivity contribution in [2.24, 2.45) is 5.41 Å². The lowest BCUT2D eigenvalue weighted by molar-refractivity contribution is -0.148. The molecule has 1 saturated heterocycles. The zero-order valence-corrected chi connectivity index (χ0v) is 12.1. The van der Waals surface area contributed by atoms with Crippen molar-refractivity contribution in [1.82, 2.24) is 15.1 Å². The topological polar surface area (TPSA) is 72.9 Å². The van der Waals surface area contributed by atoms with Gasteiger partial charge >= 0.3 is 12.0 Å². The van der Waals surface area contributed by atoms with Crippen molar-refractivity contribution < 1.29 is 14.7 Å². The Morgan fingerprint density at radius 3 is 2.58 bits per heavy atom. The highest BCUT2D eigenvalue weighted by atomic mass is 16.4. The van der Waals surface area contributed by atoms with Gasteiger partial charge < -0.3 is 20.2 Å². The molecule has 0 aromatic rings. The molecular formula is C13H25N3O3. The number of nitrogens with one attached hydrogen (secondary N) is 1. The van der Waals surface area contributed by atoms with Crippen LogP contribution < -0.4 is 5.32 Å². The number of urea groups is 1. The first kappa shape index (κ1) is 15.8. The standard InChI is InChI=1S/C13H25N3O3/c1-4-13(11(17)18)6-8-16(10-13)12(19)14-7-9-15(3)5-2/h4-10H2,1-3H3,(H,14,19)(H,17,18). The van der Waals surface area contributed by atoms with E-state index >= 15 is 0 Å². The van der Waals surface area contributed by atoms with Crippen LogP contribution in [0.25, 0.3) is 0 Å². The highest BCUT2D eigenvalue weighted by molar-refractivity contribution is 5.79. The largest absolute Gasteiger partial charge is 0.481 e. The maximum Gasteiger partial charge on any atom is 0.317 e. The average molecular weight is 271 g/mol. The number of hydrogen-bond acceptors (Lipinski definition) is 3. The van der Waals surface area contributed by atoms with Crippen LogP contribution in [0.15, 0.2) is 0 Å². The zero-order valence-electron chi connectivity index (χ0n) is 12.1. The van der Waals surface area contributed by atoms with Crippen LogP contribution in [0.3, 0.4) is 0 Å². The second-order valence-electron chi connectivity index (χ2n) is 5.24. The summed E-state index contributed by atoms with van der Waals surface area (Å²) in [6.07, 6.45) is 1.10. The molecule has 2 amide bonds. The quantitative estimate of drug-likeness (QED) is 0.750. The Bertz CT molecular complexity index is 335. The fourth-order valence-electron chi connectivity index (χ4n) is 2.28. The molecule has 0 spiro atoms. The number of carbonyl (C=O) groups excluding carboxylic acids is 1. The van der Waals surface area contributed by atoms with Gasteiger partial charge in [-0.15, -0.1) is 0 Å². The van der Waals surface area contributed by atoms with Crippen LogP contribution in [-0.4, -0.2) is 66.7 Å². The van der Waals surface area contributed by atoms with E-state index < -0.39 is 11.4 Å². The van der Waals surface area contributed by atoms with Crippen LogP contribution in [0.5, 0.6) is 0 Å². The summed E-state index contributed by atoms with van der Waals surface area (Å²) in [6.45, 7) is 7.09. The van der Waals surface area contributed by atoms with Gasteiger partial charge in [0.1, 0.15) is 0 Å². The number of amides is 2. The summed E-state index contributed by atoms with van der Waals surface area (Å²) in [7, 11) is 1.99. The molecule has 19 heavy (non-hydrogen) atoms. The summed E-state index contributed by atoms with van der Waals surface area (Å²) in [4.78, 5) is 27.0. The molecule has 2 N–H and O–H groups in total. The van der Waals surface area contributed by atoms with Gasteiger partial charge in [-0.05, 0) is 26.4 Å². The molecule has 1 aliphatic heterocycles. The lowest BCUT2D eigenvalue weighted by Gasteiger charge is -2.23. The summed E-state index contributed by atoms with van der Waals surface area (Å²) < 4.78 is 0. The maximum absolute atomic E-state index is 11.9. The molecule has 1 aliphatic rings. The third-order valence-corrected chi connectivity index (χ3v) is 4.08. The Morgan fingerprint density at radius 1 is 1.42 bits per heavy atom. The van der Waals surface area contributed by atoms with Gasteiger partial charge in [0.15, 0.2) is 0 Å². The minimum Gasteiger partial charge on any atom is -0.481 e. The number of rotatable bonds is 6. The molecule has 1 atom stereocenters. The second kappa shape index (κ2) is 6.75. The molecule has 110 valence electrons. The lowest BCUT2D eigenvalue weighted by atomic mass is 9.84. The van der Waals surface area contributed by atoms with E-state index in [1.54, 1.807) is 4.90 Å². The Morgan fingerprint density at radius 2 is 2.11 bits per heavy atom. The first-order chi connectivity index (χ1) is 8.95. The molecule has 0 saturated carbocycles. The van der Waals surface area contributed by atoms with E-state index in [0.29, 0.717) is 32.5 Å². The molecule has 0 aliphatic carbocycles. The number of likely N-dealkylation sites (N-methyl/N-ethyl adjacent to an activating group) is 1. The van der Waals surface area contributed by atoms with E-state index in [2.05, 4.69) is 17.1 Å². The Kier molecular flexibility index (Phi) is 5.60. The van der Waals surface area contributed by atoms with Gasteiger partial charge in [-0.25, -0.2) is 4.79 Å². The lowest BCUT2D eigenvalue weighted by Crippen LogP contribution is -2.43. The van der Waals surface area contributed by atoms with Gasteiger partial charge in [-0.2, -0.15) is 0 Å². The van der Waals surface area contributed by atoms with Crippen LogP contribution in [-0.2, 0) is 4.79 Å². The normalized spacial score (nSPS) is 22.8. The maximum atomic E-state index is 11.9. The van der Waals surface area contributed by atoms with Gasteiger partial charge in [-0.3, -0.25) is 4.79 Å².